The molecular formula is C10H9ClF2INO2. The summed E-state index contributed by atoms with van der Waals surface area (Å²) in [6.07, 6.45) is -2.92. The molecule has 0 atom stereocenters. The van der Waals surface area contributed by atoms with E-state index in [1.807, 2.05) is 22.6 Å². The fourth-order valence-corrected chi connectivity index (χ4v) is 2.24. The first-order valence-electron chi connectivity index (χ1n) is 4.58. The molecule has 0 bridgehead atoms. The molecule has 0 aliphatic heterocycles. The highest BCUT2D eigenvalue weighted by atomic mass is 127. The van der Waals surface area contributed by atoms with Crippen molar-refractivity contribution in [3.63, 3.8) is 0 Å². The predicted molar refractivity (Wildman–Crippen MR) is 67.2 cm³/mol. The molecule has 1 aromatic heterocycles. The third-order valence-corrected chi connectivity index (χ3v) is 2.90. The summed E-state index contributed by atoms with van der Waals surface area (Å²) in [6, 6.07) is 1.44. The van der Waals surface area contributed by atoms with Crippen LogP contribution in [0.2, 0.25) is 0 Å². The highest BCUT2D eigenvalue weighted by Crippen LogP contribution is 2.28. The summed E-state index contributed by atoms with van der Waals surface area (Å²) in [4.78, 5) is 15.1. The molecule has 3 nitrogen and oxygen atoms in total. The maximum Gasteiger partial charge on any atom is 0.309 e. The summed E-state index contributed by atoms with van der Waals surface area (Å²) < 4.78 is 30.8. The number of aromatic nitrogens is 1. The van der Waals surface area contributed by atoms with Crippen LogP contribution in [-0.2, 0) is 21.8 Å². The van der Waals surface area contributed by atoms with Crippen molar-refractivity contribution < 1.29 is 18.3 Å². The first-order valence-corrected chi connectivity index (χ1v) is 6.20. The molecule has 0 radical (unpaired) electrons. The van der Waals surface area contributed by atoms with Gasteiger partial charge < -0.3 is 4.74 Å². The normalized spacial score (nSPS) is 10.7. The van der Waals surface area contributed by atoms with Crippen molar-refractivity contribution in [2.75, 3.05) is 7.11 Å². The van der Waals surface area contributed by atoms with Gasteiger partial charge >= 0.3 is 5.97 Å². The van der Waals surface area contributed by atoms with Crippen molar-refractivity contribution in [2.45, 2.75) is 18.7 Å². The number of halogens is 4. The summed E-state index contributed by atoms with van der Waals surface area (Å²) in [6.45, 7) is 0. The minimum atomic E-state index is -2.71. The van der Waals surface area contributed by atoms with E-state index < -0.39 is 12.4 Å². The van der Waals surface area contributed by atoms with Crippen LogP contribution >= 0.6 is 34.2 Å². The van der Waals surface area contributed by atoms with Crippen molar-refractivity contribution in [1.82, 2.24) is 4.98 Å². The van der Waals surface area contributed by atoms with Crippen LogP contribution in [0.15, 0.2) is 6.07 Å². The molecule has 1 rings (SSSR count). The average molecular weight is 376 g/mol. The van der Waals surface area contributed by atoms with Gasteiger partial charge in [-0.05, 0) is 34.2 Å². The fourth-order valence-electron chi connectivity index (χ4n) is 1.37. The summed E-state index contributed by atoms with van der Waals surface area (Å²) in [5, 5.41) is 0. The van der Waals surface area contributed by atoms with Crippen molar-refractivity contribution in [2.24, 2.45) is 0 Å². The Morgan fingerprint density at radius 1 is 1.65 bits per heavy atom. The Labute approximate surface area is 116 Å². The molecule has 0 fully saturated rings. The smallest absolute Gasteiger partial charge is 0.309 e. The minimum absolute atomic E-state index is 0.104. The van der Waals surface area contributed by atoms with E-state index >= 15 is 0 Å². The van der Waals surface area contributed by atoms with Crippen LogP contribution in [0.4, 0.5) is 8.78 Å². The Bertz CT molecular complexity index is 429. The van der Waals surface area contributed by atoms with Gasteiger partial charge in [-0.25, -0.2) is 13.8 Å². The summed E-state index contributed by atoms with van der Waals surface area (Å²) >= 11 is 7.46. The third kappa shape index (κ3) is 3.74. The lowest BCUT2D eigenvalue weighted by molar-refractivity contribution is -0.139. The maximum atomic E-state index is 12.9. The van der Waals surface area contributed by atoms with Crippen LogP contribution in [0.3, 0.4) is 0 Å². The number of rotatable bonds is 4. The number of pyridine rings is 1. The zero-order valence-corrected chi connectivity index (χ0v) is 11.8. The van der Waals surface area contributed by atoms with Crippen LogP contribution in [0, 0.1) is 3.70 Å². The number of esters is 1. The zero-order chi connectivity index (χ0) is 13.0. The lowest BCUT2D eigenvalue weighted by Crippen LogP contribution is -2.10. The number of carbonyl (C=O) groups is 1. The molecule has 0 aliphatic carbocycles. The molecule has 17 heavy (non-hydrogen) atoms. The topological polar surface area (TPSA) is 39.2 Å². The van der Waals surface area contributed by atoms with E-state index in [1.165, 1.54) is 13.2 Å². The SMILES string of the molecule is COC(=O)Cc1cc(I)nc(CCl)c1C(F)F. The molecule has 1 heterocycles. The number of carbonyl (C=O) groups excluding carboxylic acids is 1. The standard InChI is InChI=1S/C10H9ClF2INO2/c1-17-8(16)3-5-2-7(14)15-6(4-11)9(5)10(12)13/h2,10H,3-4H2,1H3. The summed E-state index contributed by atoms with van der Waals surface area (Å²) in [7, 11) is 1.21. The van der Waals surface area contributed by atoms with E-state index in [2.05, 4.69) is 9.72 Å². The molecule has 94 valence electrons. The quantitative estimate of drug-likeness (QED) is 0.351. The van der Waals surface area contributed by atoms with E-state index in [4.69, 9.17) is 11.6 Å². The largest absolute Gasteiger partial charge is 0.469 e. The van der Waals surface area contributed by atoms with E-state index in [1.54, 1.807) is 0 Å². The van der Waals surface area contributed by atoms with Gasteiger partial charge in [0.1, 0.15) is 3.70 Å². The van der Waals surface area contributed by atoms with Crippen molar-refractivity contribution >= 4 is 40.2 Å². The Balaban J connectivity index is 3.25. The highest BCUT2D eigenvalue weighted by Gasteiger charge is 2.21. The van der Waals surface area contributed by atoms with Gasteiger partial charge in [0.25, 0.3) is 6.43 Å². The average Bonchev–Trinajstić information content (AvgIpc) is 2.27. The van der Waals surface area contributed by atoms with E-state index in [0.717, 1.165) is 0 Å². The number of ether oxygens (including phenoxy) is 1. The Morgan fingerprint density at radius 2 is 2.29 bits per heavy atom. The van der Waals surface area contributed by atoms with Gasteiger partial charge in [0.2, 0.25) is 0 Å². The van der Waals surface area contributed by atoms with Gasteiger partial charge in [-0.3, -0.25) is 4.79 Å². The fraction of sp³-hybridized carbons (Fsp3) is 0.400. The number of alkyl halides is 3. The molecule has 0 aromatic carbocycles. The Morgan fingerprint density at radius 3 is 2.76 bits per heavy atom. The number of hydrogen-bond acceptors (Lipinski definition) is 3. The second-order valence-corrected chi connectivity index (χ2v) is 4.52. The van der Waals surface area contributed by atoms with Gasteiger partial charge in [0.15, 0.2) is 0 Å². The molecule has 1 aromatic rings. The lowest BCUT2D eigenvalue weighted by Gasteiger charge is -2.12. The van der Waals surface area contributed by atoms with Gasteiger partial charge in [-0.1, -0.05) is 0 Å². The third-order valence-electron chi connectivity index (χ3n) is 2.10. The van der Waals surface area contributed by atoms with Crippen LogP contribution in [0.5, 0.6) is 0 Å². The highest BCUT2D eigenvalue weighted by molar-refractivity contribution is 14.1. The molecule has 7 heteroatoms. The van der Waals surface area contributed by atoms with E-state index in [-0.39, 0.29) is 29.1 Å². The molecule has 0 saturated carbocycles. The molecule has 0 unspecified atom stereocenters. The van der Waals surface area contributed by atoms with Crippen molar-refractivity contribution in [3.05, 3.63) is 26.6 Å². The van der Waals surface area contributed by atoms with Crippen LogP contribution in [-0.4, -0.2) is 18.1 Å². The van der Waals surface area contributed by atoms with Crippen LogP contribution < -0.4 is 0 Å². The maximum absolute atomic E-state index is 12.9. The van der Waals surface area contributed by atoms with Gasteiger partial charge in [-0.2, -0.15) is 0 Å². The second kappa shape index (κ2) is 6.44. The molecule has 0 aliphatic rings. The second-order valence-electron chi connectivity index (χ2n) is 3.15. The first kappa shape index (κ1) is 14.6. The molecule has 0 N–H and O–H groups in total. The lowest BCUT2D eigenvalue weighted by atomic mass is 10.0. The zero-order valence-electron chi connectivity index (χ0n) is 8.84. The van der Waals surface area contributed by atoms with Crippen molar-refractivity contribution in [3.8, 4) is 0 Å². The minimum Gasteiger partial charge on any atom is -0.469 e. The summed E-state index contributed by atoms with van der Waals surface area (Å²) in [5.74, 6) is -0.695. The number of hydrogen-bond donors (Lipinski definition) is 0. The molecular weight excluding hydrogens is 366 g/mol. The van der Waals surface area contributed by atoms with Crippen molar-refractivity contribution in [1.29, 1.82) is 0 Å². The van der Waals surface area contributed by atoms with Crippen LogP contribution in [0.1, 0.15) is 23.2 Å². The number of nitrogens with zero attached hydrogens (tertiary/aromatic N) is 1. The van der Waals surface area contributed by atoms with Crippen LogP contribution in [0.25, 0.3) is 0 Å². The number of methoxy groups -OCH3 is 1. The van der Waals surface area contributed by atoms with Gasteiger partial charge in [0.05, 0.1) is 25.1 Å². The van der Waals surface area contributed by atoms with Gasteiger partial charge in [-0.15, -0.1) is 11.6 Å². The Hall–Kier alpha value is -0.500. The predicted octanol–water partition coefficient (Wildman–Crippen LogP) is 3.08. The monoisotopic (exact) mass is 375 g/mol. The first-order chi connectivity index (χ1) is 7.99. The molecule has 0 saturated heterocycles. The molecule has 0 spiro atoms. The Kier molecular flexibility index (Phi) is 5.51. The summed E-state index contributed by atoms with van der Waals surface area (Å²) in [5.41, 5.74) is 0.0418. The van der Waals surface area contributed by atoms with Gasteiger partial charge in [0, 0.05) is 5.56 Å². The van der Waals surface area contributed by atoms with E-state index in [9.17, 15) is 13.6 Å². The molecule has 0 amide bonds. The van der Waals surface area contributed by atoms with E-state index in [0.29, 0.717) is 3.70 Å².